The van der Waals surface area contributed by atoms with Crippen LogP contribution in [-0.2, 0) is 14.3 Å². The van der Waals surface area contributed by atoms with Gasteiger partial charge < -0.3 is 9.47 Å². The minimum absolute atomic E-state index is 0.0685. The highest BCUT2D eigenvalue weighted by molar-refractivity contribution is 6.05. The summed E-state index contributed by atoms with van der Waals surface area (Å²) in [6.07, 6.45) is 0.0941. The first kappa shape index (κ1) is 21.0. The van der Waals surface area contributed by atoms with Crippen LogP contribution in [0.25, 0.3) is 0 Å². The van der Waals surface area contributed by atoms with Crippen molar-refractivity contribution < 1.29 is 32.6 Å². The molecule has 1 atom stereocenters. The Morgan fingerprint density at radius 3 is 2.25 bits per heavy atom. The molecule has 2 aromatic carbocycles. The fourth-order valence-electron chi connectivity index (χ4n) is 2.38. The van der Waals surface area contributed by atoms with Gasteiger partial charge in [0.25, 0.3) is 11.8 Å². The van der Waals surface area contributed by atoms with Crippen LogP contribution in [0.1, 0.15) is 35.2 Å². The quantitative estimate of drug-likeness (QED) is 0.699. The summed E-state index contributed by atoms with van der Waals surface area (Å²) in [5.74, 6) is -2.29. The standard InChI is InChI=1S/C20H19F2NO5/c1-13(14-5-3-2-4-6-14)11-18(25)27-12-17(24)23-19(26)15-7-9-16(10-8-15)28-20(21)22/h2-10,13,20H,11-12H2,1H3,(H,23,24,26)/t13-/m1/s1. The number of imide groups is 1. The van der Waals surface area contributed by atoms with E-state index in [0.717, 1.165) is 5.56 Å². The maximum absolute atomic E-state index is 12.1. The second-order valence-corrected chi connectivity index (χ2v) is 5.96. The normalized spacial score (nSPS) is 11.6. The van der Waals surface area contributed by atoms with E-state index in [1.165, 1.54) is 24.3 Å². The fourth-order valence-corrected chi connectivity index (χ4v) is 2.38. The number of benzene rings is 2. The van der Waals surface area contributed by atoms with Crippen molar-refractivity contribution in [3.05, 3.63) is 65.7 Å². The minimum atomic E-state index is -2.97. The molecule has 0 fully saturated rings. The third-order valence-electron chi connectivity index (χ3n) is 3.80. The predicted octanol–water partition coefficient (Wildman–Crippen LogP) is 3.28. The molecule has 0 bridgehead atoms. The van der Waals surface area contributed by atoms with Gasteiger partial charge in [0.2, 0.25) is 0 Å². The van der Waals surface area contributed by atoms with Crippen LogP contribution in [0.2, 0.25) is 0 Å². The zero-order chi connectivity index (χ0) is 20.5. The lowest BCUT2D eigenvalue weighted by molar-refractivity contribution is -0.148. The summed E-state index contributed by atoms with van der Waals surface area (Å²) < 4.78 is 33.2. The lowest BCUT2D eigenvalue weighted by Crippen LogP contribution is -2.34. The number of esters is 1. The zero-order valence-electron chi connectivity index (χ0n) is 15.1. The molecule has 8 heteroatoms. The van der Waals surface area contributed by atoms with Crippen LogP contribution >= 0.6 is 0 Å². The SMILES string of the molecule is C[C@H](CC(=O)OCC(=O)NC(=O)c1ccc(OC(F)F)cc1)c1ccccc1. The number of alkyl halides is 2. The van der Waals surface area contributed by atoms with Crippen LogP contribution < -0.4 is 10.1 Å². The Kier molecular flexibility index (Phi) is 7.62. The number of ether oxygens (including phenoxy) is 2. The van der Waals surface area contributed by atoms with Crippen LogP contribution in [0.4, 0.5) is 8.78 Å². The van der Waals surface area contributed by atoms with Gasteiger partial charge in [-0.2, -0.15) is 8.78 Å². The third kappa shape index (κ3) is 6.79. The largest absolute Gasteiger partial charge is 0.456 e. The number of nitrogens with one attached hydrogen (secondary N) is 1. The first-order valence-corrected chi connectivity index (χ1v) is 8.44. The van der Waals surface area contributed by atoms with Crippen molar-refractivity contribution in [2.45, 2.75) is 25.9 Å². The van der Waals surface area contributed by atoms with Crippen LogP contribution in [0.5, 0.6) is 5.75 Å². The smallest absolute Gasteiger partial charge is 0.387 e. The number of rotatable bonds is 8. The zero-order valence-corrected chi connectivity index (χ0v) is 15.1. The van der Waals surface area contributed by atoms with Gasteiger partial charge in [0.15, 0.2) is 6.61 Å². The Balaban J connectivity index is 1.77. The molecule has 0 unspecified atom stereocenters. The molecule has 0 heterocycles. The molecule has 1 N–H and O–H groups in total. The molecule has 0 aliphatic rings. The molecule has 148 valence electrons. The number of carbonyl (C=O) groups is 3. The Morgan fingerprint density at radius 2 is 1.64 bits per heavy atom. The lowest BCUT2D eigenvalue weighted by atomic mass is 9.98. The second-order valence-electron chi connectivity index (χ2n) is 5.96. The van der Waals surface area contributed by atoms with Gasteiger partial charge in [-0.05, 0) is 35.7 Å². The van der Waals surface area contributed by atoms with Gasteiger partial charge in [0.05, 0.1) is 6.42 Å². The molecule has 2 amide bonds. The molecule has 2 rings (SSSR count). The summed E-state index contributed by atoms with van der Waals surface area (Å²) >= 11 is 0. The van der Waals surface area contributed by atoms with Crippen LogP contribution in [0.15, 0.2) is 54.6 Å². The highest BCUT2D eigenvalue weighted by atomic mass is 19.3. The Morgan fingerprint density at radius 1 is 1.00 bits per heavy atom. The number of hydrogen-bond acceptors (Lipinski definition) is 5. The van der Waals surface area contributed by atoms with Crippen LogP contribution in [0.3, 0.4) is 0 Å². The number of hydrogen-bond donors (Lipinski definition) is 1. The van der Waals surface area contributed by atoms with Crippen molar-refractivity contribution in [1.82, 2.24) is 5.32 Å². The van der Waals surface area contributed by atoms with Gasteiger partial charge >= 0.3 is 12.6 Å². The van der Waals surface area contributed by atoms with E-state index in [1.807, 2.05) is 37.3 Å². The number of halogens is 2. The van der Waals surface area contributed by atoms with Gasteiger partial charge in [0, 0.05) is 5.56 Å². The van der Waals surface area contributed by atoms with Gasteiger partial charge in [-0.1, -0.05) is 37.3 Å². The Bertz CT molecular complexity index is 809. The third-order valence-corrected chi connectivity index (χ3v) is 3.80. The first-order valence-electron chi connectivity index (χ1n) is 8.44. The van der Waals surface area contributed by atoms with Crippen molar-refractivity contribution in [3.63, 3.8) is 0 Å². The van der Waals surface area contributed by atoms with Gasteiger partial charge in [0.1, 0.15) is 5.75 Å². The van der Waals surface area contributed by atoms with E-state index in [0.29, 0.717) is 0 Å². The van der Waals surface area contributed by atoms with E-state index in [-0.39, 0.29) is 23.7 Å². The molecule has 0 radical (unpaired) electrons. The van der Waals surface area contributed by atoms with Crippen molar-refractivity contribution >= 4 is 17.8 Å². The summed E-state index contributed by atoms with van der Waals surface area (Å²) in [6, 6.07) is 14.2. The fraction of sp³-hybridized carbons (Fsp3) is 0.250. The van der Waals surface area contributed by atoms with E-state index >= 15 is 0 Å². The summed E-state index contributed by atoms with van der Waals surface area (Å²) in [4.78, 5) is 35.6. The molecular formula is C20H19F2NO5. The molecule has 28 heavy (non-hydrogen) atoms. The van der Waals surface area contributed by atoms with E-state index in [1.54, 1.807) is 0 Å². The molecular weight excluding hydrogens is 372 g/mol. The van der Waals surface area contributed by atoms with Crippen LogP contribution in [-0.4, -0.2) is 31.0 Å². The Hall–Kier alpha value is -3.29. The van der Waals surface area contributed by atoms with Crippen molar-refractivity contribution in [2.75, 3.05) is 6.61 Å². The van der Waals surface area contributed by atoms with Crippen molar-refractivity contribution in [2.24, 2.45) is 0 Å². The van der Waals surface area contributed by atoms with Gasteiger partial charge in [-0.25, -0.2) is 0 Å². The minimum Gasteiger partial charge on any atom is -0.456 e. The second kappa shape index (κ2) is 10.1. The molecule has 0 aliphatic carbocycles. The molecule has 0 spiro atoms. The summed E-state index contributed by atoms with van der Waals surface area (Å²) in [5.41, 5.74) is 1.04. The van der Waals surface area contributed by atoms with Crippen molar-refractivity contribution in [3.8, 4) is 5.75 Å². The van der Waals surface area contributed by atoms with Crippen molar-refractivity contribution in [1.29, 1.82) is 0 Å². The summed E-state index contributed by atoms with van der Waals surface area (Å²) in [6.45, 7) is -1.71. The highest BCUT2D eigenvalue weighted by Crippen LogP contribution is 2.19. The van der Waals surface area contributed by atoms with E-state index in [2.05, 4.69) is 10.1 Å². The number of carbonyl (C=O) groups excluding carboxylic acids is 3. The molecule has 0 aliphatic heterocycles. The molecule has 0 saturated carbocycles. The molecule has 6 nitrogen and oxygen atoms in total. The molecule has 2 aromatic rings. The van der Waals surface area contributed by atoms with Crippen LogP contribution in [0, 0.1) is 0 Å². The Labute approximate surface area is 160 Å². The topological polar surface area (TPSA) is 81.7 Å². The van der Waals surface area contributed by atoms with Gasteiger partial charge in [-0.15, -0.1) is 0 Å². The lowest BCUT2D eigenvalue weighted by Gasteiger charge is -2.11. The predicted molar refractivity (Wildman–Crippen MR) is 96.0 cm³/mol. The van der Waals surface area contributed by atoms with Gasteiger partial charge in [-0.3, -0.25) is 19.7 Å². The van der Waals surface area contributed by atoms with E-state index < -0.39 is 31.0 Å². The monoisotopic (exact) mass is 391 g/mol. The summed E-state index contributed by atoms with van der Waals surface area (Å²) in [5, 5.41) is 2.05. The first-order chi connectivity index (χ1) is 13.3. The maximum Gasteiger partial charge on any atom is 0.387 e. The van der Waals surface area contributed by atoms with E-state index in [9.17, 15) is 23.2 Å². The van der Waals surface area contributed by atoms with E-state index in [4.69, 9.17) is 4.74 Å². The molecule has 0 aromatic heterocycles. The highest BCUT2D eigenvalue weighted by Gasteiger charge is 2.16. The number of amides is 2. The molecule has 0 saturated heterocycles. The average molecular weight is 391 g/mol. The average Bonchev–Trinajstić information content (AvgIpc) is 2.67. The summed E-state index contributed by atoms with van der Waals surface area (Å²) in [7, 11) is 0. The maximum atomic E-state index is 12.1.